The van der Waals surface area contributed by atoms with Crippen LogP contribution in [0.5, 0.6) is 0 Å². The normalized spacial score (nSPS) is 25.9. The van der Waals surface area contributed by atoms with Gasteiger partial charge in [0.05, 0.1) is 56.3 Å². The summed E-state index contributed by atoms with van der Waals surface area (Å²) < 4.78 is 37.7. The van der Waals surface area contributed by atoms with Crippen LogP contribution in [0.15, 0.2) is 130 Å². The maximum atomic E-state index is 13.9. The van der Waals surface area contributed by atoms with E-state index in [1.165, 1.54) is 138 Å². The molecular formula is C103H148F2N16O. The topological polar surface area (TPSA) is 153 Å². The first-order valence-corrected chi connectivity index (χ1v) is 48.3. The molecule has 0 bridgehead atoms. The Balaban J connectivity index is 0.000000116. The number of aliphatic hydroxyl groups is 1. The highest BCUT2D eigenvalue weighted by molar-refractivity contribution is 5.79. The fraction of sp³-hybridized carbons (Fsp3) is 0.650. The van der Waals surface area contributed by atoms with Crippen molar-refractivity contribution in [2.45, 2.75) is 285 Å². The highest BCUT2D eigenvalue weighted by Gasteiger charge is 2.40. The van der Waals surface area contributed by atoms with Crippen LogP contribution < -0.4 is 21.3 Å². The first-order valence-electron chi connectivity index (χ1n) is 48.3. The summed E-state index contributed by atoms with van der Waals surface area (Å²) in [5, 5.41) is 24.0. The Morgan fingerprint density at radius 2 is 0.664 bits per heavy atom. The second kappa shape index (κ2) is 37.3. The summed E-state index contributed by atoms with van der Waals surface area (Å²) in [6.07, 6.45) is 27.9. The van der Waals surface area contributed by atoms with E-state index in [1.54, 1.807) is 68.9 Å². The Bertz CT molecular complexity index is 5030. The van der Waals surface area contributed by atoms with Crippen molar-refractivity contribution in [2.75, 3.05) is 124 Å². The van der Waals surface area contributed by atoms with Crippen molar-refractivity contribution in [2.24, 2.45) is 21.7 Å². The summed E-state index contributed by atoms with van der Waals surface area (Å²) in [7, 11) is 0. The third-order valence-electron chi connectivity index (χ3n) is 32.0. The van der Waals surface area contributed by atoms with Crippen LogP contribution in [0, 0.1) is 33.3 Å². The van der Waals surface area contributed by atoms with Crippen molar-refractivity contribution < 1.29 is 13.9 Å². The second-order valence-corrected chi connectivity index (χ2v) is 42.2. The molecule has 8 fully saturated rings. The number of nitrogens with zero attached hydrogens (tertiary/aromatic N) is 12. The van der Waals surface area contributed by atoms with Gasteiger partial charge in [-0.25, -0.2) is 28.7 Å². The number of aliphatic hydroxyl groups excluding tert-OH is 1. The summed E-state index contributed by atoms with van der Waals surface area (Å²) in [6, 6.07) is 29.7. The highest BCUT2D eigenvalue weighted by Crippen LogP contribution is 2.48. The van der Waals surface area contributed by atoms with Gasteiger partial charge in [0, 0.05) is 165 Å². The molecule has 12 aliphatic rings. The Morgan fingerprint density at radius 1 is 0.361 bits per heavy atom. The second-order valence-electron chi connectivity index (χ2n) is 42.2. The van der Waals surface area contributed by atoms with E-state index in [1.807, 2.05) is 12.1 Å². The number of hydrogen-bond acceptors (Lipinski definition) is 13. The zero-order chi connectivity index (χ0) is 84.8. The number of benzene rings is 4. The molecule has 0 radical (unpaired) electrons. The van der Waals surface area contributed by atoms with Gasteiger partial charge in [0.25, 0.3) is 0 Å². The predicted molar refractivity (Wildman–Crippen MR) is 496 cm³/mol. The number of fused-ring (bicyclic) bond motifs is 4. The first kappa shape index (κ1) is 87.3. The molecule has 4 aromatic carbocycles. The molecule has 660 valence electrons. The number of piperidine rings is 4. The van der Waals surface area contributed by atoms with Crippen molar-refractivity contribution >= 4 is 44.1 Å². The van der Waals surface area contributed by atoms with Gasteiger partial charge in [-0.15, -0.1) is 0 Å². The zero-order valence-electron chi connectivity index (χ0n) is 76.5. The minimum Gasteiger partial charge on any atom is -0.392 e. The fourth-order valence-electron chi connectivity index (χ4n) is 24.4. The van der Waals surface area contributed by atoms with E-state index in [-0.39, 0.29) is 23.8 Å². The van der Waals surface area contributed by atoms with E-state index in [0.717, 1.165) is 195 Å². The standard InChI is InChI=1S/C26H37FN4.C26H38N4O.C26H38N4.C25H35FN4/c1-18-5-4-11-26(2,3)22(18)17-30-13-9-21(10-14-30)31-24-7-6-20(27)15-23(24)29-25(31)19-8-12-28-16-19;1-18-7-6-12-26(2,3)21(18)17-29-13-10-19(11-14-29)30-24-9-5-4-8-22(24)28-25(30)23-15-20(31)16-27-23;1-19-7-6-13-26(2,3)22(19)18-29-15-11-21(12-16-29)30-24-9-5-4-8-23(24)28-25(30)20-10-14-27-17-20;1-17-5-4-10-25(2,3)21(17)16-29-11-8-20(9-12-29)30-23-7-6-19(26)13-22(23)28-24(30)18-14-27-15-18/h6-7,15,19,21,28H,4-5,8-14,16-17H2,1-3H3;4-5,8-9,19-20,23,27,31H,6-7,10-17H2,1-3H3;4-5,8-9,20-21,27H,6-7,10-18H2,1-3H3;6-7,13,18,20,27H,4-5,8-12,14-16H2,1-3H3/t19-;20-,23+;20-;/m110./s1. The van der Waals surface area contributed by atoms with Crippen molar-refractivity contribution in [1.29, 1.82) is 0 Å². The molecule has 19 heteroatoms. The smallest absolute Gasteiger partial charge is 0.127 e. The number of β-amino-alcohol motifs (C(OH)–C–C–N with tert-alkyl or cyclic N) is 1. The summed E-state index contributed by atoms with van der Waals surface area (Å²) in [6.45, 7) is 49.5. The lowest BCUT2D eigenvalue weighted by Gasteiger charge is -2.40. The Hall–Kier alpha value is -6.78. The molecule has 0 unspecified atom stereocenters. The molecule has 0 spiro atoms. The zero-order valence-corrected chi connectivity index (χ0v) is 76.5. The van der Waals surface area contributed by atoms with Gasteiger partial charge in [0.2, 0.25) is 0 Å². The van der Waals surface area contributed by atoms with Crippen LogP contribution in [0.4, 0.5) is 8.78 Å². The van der Waals surface area contributed by atoms with E-state index >= 15 is 0 Å². The minimum absolute atomic E-state index is 0.149. The molecular weight excluding hydrogens is 1520 g/mol. The van der Waals surface area contributed by atoms with Gasteiger partial charge in [-0.3, -0.25) is 19.6 Å². The monoisotopic (exact) mass is 1660 g/mol. The minimum atomic E-state index is -0.268. The lowest BCUT2D eigenvalue weighted by Crippen LogP contribution is -2.43. The number of likely N-dealkylation sites (tertiary alicyclic amines) is 4. The number of imidazole rings is 4. The van der Waals surface area contributed by atoms with E-state index in [4.69, 9.17) is 19.9 Å². The van der Waals surface area contributed by atoms with Gasteiger partial charge in [-0.1, -0.05) is 124 Å². The van der Waals surface area contributed by atoms with Gasteiger partial charge in [-0.05, 0) is 259 Å². The average Bonchev–Trinajstić information content (AvgIpc) is 1.62. The number of halogens is 2. The molecule has 8 aliphatic heterocycles. The summed E-state index contributed by atoms with van der Waals surface area (Å²) >= 11 is 0. The molecule has 0 saturated carbocycles. The van der Waals surface area contributed by atoms with Crippen molar-refractivity contribution in [3.63, 3.8) is 0 Å². The van der Waals surface area contributed by atoms with Crippen LogP contribution in [0.25, 0.3) is 44.1 Å². The van der Waals surface area contributed by atoms with E-state index < -0.39 is 0 Å². The molecule has 8 saturated heterocycles. The molecule has 4 aliphatic carbocycles. The van der Waals surface area contributed by atoms with E-state index in [0.29, 0.717) is 70.1 Å². The lowest BCUT2D eigenvalue weighted by molar-refractivity contribution is 0.182. The SMILES string of the molecule is CC1=C(CN2CCC(n3c(C4CNC4)nc4cc(F)ccc43)CC2)C(C)(C)CCC1.CC1=C(CN2CCC(n3c([C@@H]4CCNC4)nc4cc(F)ccc43)CC2)C(C)(C)CCC1.CC1=C(CN2CCC(n3c([C@@H]4C[C@@H](O)CN4)nc4ccccc43)CC2)C(C)(C)CCC1.CC1=C(CN2CCC(n3c([C@H]4CCNC4)nc4ccccc43)CC2)C(C)(C)CCC1. The number of aromatic nitrogens is 8. The van der Waals surface area contributed by atoms with Gasteiger partial charge in [0.15, 0.2) is 0 Å². The average molecular weight is 1660 g/mol. The van der Waals surface area contributed by atoms with Gasteiger partial charge in [-0.2, -0.15) is 0 Å². The van der Waals surface area contributed by atoms with Crippen LogP contribution >= 0.6 is 0 Å². The number of allylic oxidation sites excluding steroid dienone is 4. The fourth-order valence-corrected chi connectivity index (χ4v) is 24.4. The van der Waals surface area contributed by atoms with E-state index in [9.17, 15) is 13.9 Å². The van der Waals surface area contributed by atoms with Crippen LogP contribution in [-0.2, 0) is 0 Å². The van der Waals surface area contributed by atoms with Crippen molar-refractivity contribution in [3.05, 3.63) is 164 Å². The van der Waals surface area contributed by atoms with Crippen LogP contribution in [0.2, 0.25) is 0 Å². The number of rotatable bonds is 16. The highest BCUT2D eigenvalue weighted by atomic mass is 19.1. The predicted octanol–water partition coefficient (Wildman–Crippen LogP) is 20.3. The number of para-hydroxylation sites is 4. The summed E-state index contributed by atoms with van der Waals surface area (Å²) in [5.41, 5.74) is 23.4. The molecule has 0 amide bonds. The Labute approximate surface area is 728 Å². The van der Waals surface area contributed by atoms with Crippen LogP contribution in [0.1, 0.15) is 302 Å². The Kier molecular flexibility index (Phi) is 26.7. The van der Waals surface area contributed by atoms with E-state index in [2.05, 4.69) is 191 Å². The number of hydrogen-bond donors (Lipinski definition) is 5. The first-order chi connectivity index (χ1) is 58.8. The van der Waals surface area contributed by atoms with Gasteiger partial charge < -0.3 is 44.6 Å². The maximum absolute atomic E-state index is 13.9. The third kappa shape index (κ3) is 19.0. The summed E-state index contributed by atoms with van der Waals surface area (Å²) in [5.74, 6) is 5.82. The maximum Gasteiger partial charge on any atom is 0.127 e. The molecule has 12 heterocycles. The molecule has 4 atom stereocenters. The molecule has 17 nitrogen and oxygen atoms in total. The Morgan fingerprint density at radius 3 is 0.967 bits per heavy atom. The third-order valence-corrected chi connectivity index (χ3v) is 32.0. The van der Waals surface area contributed by atoms with Gasteiger partial charge >= 0.3 is 0 Å². The largest absolute Gasteiger partial charge is 0.392 e. The molecule has 8 aromatic rings. The molecule has 122 heavy (non-hydrogen) atoms. The lowest BCUT2D eigenvalue weighted by atomic mass is 9.72. The molecule has 4 aromatic heterocycles. The molecule has 5 N–H and O–H groups in total. The number of nitrogens with one attached hydrogen (secondary N) is 4. The summed E-state index contributed by atoms with van der Waals surface area (Å²) in [4.78, 5) is 30.7. The van der Waals surface area contributed by atoms with Crippen LogP contribution in [0.3, 0.4) is 0 Å². The quantitative estimate of drug-likeness (QED) is 0.0584. The van der Waals surface area contributed by atoms with Crippen LogP contribution in [-0.4, -0.2) is 193 Å². The van der Waals surface area contributed by atoms with Crippen molar-refractivity contribution in [1.82, 2.24) is 79.1 Å². The molecule has 20 rings (SSSR count). The van der Waals surface area contributed by atoms with Gasteiger partial charge in [0.1, 0.15) is 34.9 Å². The van der Waals surface area contributed by atoms with Crippen molar-refractivity contribution in [3.8, 4) is 0 Å².